The highest BCUT2D eigenvalue weighted by Crippen LogP contribution is 2.22. The number of anilines is 1. The molecule has 0 aliphatic carbocycles. The molecule has 5 heteroatoms. The molecule has 0 saturated carbocycles. The second-order valence-electron chi connectivity index (χ2n) is 6.14. The van der Waals surface area contributed by atoms with Gasteiger partial charge in [-0.2, -0.15) is 0 Å². The number of benzene rings is 2. The standard InChI is InChI=1S/C22H22BrNO3/c1-2-3-4-5-6-7-9-16-10-8-11-17(14-16)21(25)24-20-13-12-18(23)15-19(20)22(26)27/h8,10-15H,2-6H2,1H3,(H,24,25)(H,26,27). The number of carbonyl (C=O) groups is 2. The van der Waals surface area contributed by atoms with Crippen LogP contribution in [0.3, 0.4) is 0 Å². The van der Waals surface area contributed by atoms with Crippen molar-refractivity contribution >= 4 is 33.5 Å². The fourth-order valence-corrected chi connectivity index (χ4v) is 2.90. The highest BCUT2D eigenvalue weighted by Gasteiger charge is 2.14. The van der Waals surface area contributed by atoms with Gasteiger partial charge in [-0.3, -0.25) is 4.79 Å². The second-order valence-corrected chi connectivity index (χ2v) is 7.06. The van der Waals surface area contributed by atoms with Crippen molar-refractivity contribution in [3.8, 4) is 11.8 Å². The van der Waals surface area contributed by atoms with Crippen molar-refractivity contribution in [3.05, 3.63) is 63.6 Å². The van der Waals surface area contributed by atoms with Crippen LogP contribution in [0.1, 0.15) is 65.3 Å². The maximum Gasteiger partial charge on any atom is 0.337 e. The van der Waals surface area contributed by atoms with Crippen LogP contribution in [0.25, 0.3) is 0 Å². The molecule has 0 bridgehead atoms. The van der Waals surface area contributed by atoms with Gasteiger partial charge in [-0.25, -0.2) is 4.79 Å². The Labute approximate surface area is 168 Å². The van der Waals surface area contributed by atoms with Crippen LogP contribution in [0.4, 0.5) is 5.69 Å². The van der Waals surface area contributed by atoms with Crippen LogP contribution >= 0.6 is 15.9 Å². The van der Waals surface area contributed by atoms with Crippen LogP contribution < -0.4 is 5.32 Å². The number of aromatic carboxylic acids is 1. The zero-order chi connectivity index (χ0) is 19.6. The van der Waals surface area contributed by atoms with E-state index >= 15 is 0 Å². The van der Waals surface area contributed by atoms with Crippen LogP contribution in [-0.4, -0.2) is 17.0 Å². The Morgan fingerprint density at radius 3 is 2.67 bits per heavy atom. The Kier molecular flexibility index (Phi) is 8.09. The summed E-state index contributed by atoms with van der Waals surface area (Å²) in [6.45, 7) is 2.18. The molecule has 2 rings (SSSR count). The number of unbranched alkanes of at least 4 members (excludes halogenated alkanes) is 4. The summed E-state index contributed by atoms with van der Waals surface area (Å²) in [5, 5.41) is 12.0. The van der Waals surface area contributed by atoms with Gasteiger partial charge in [0.25, 0.3) is 5.91 Å². The molecule has 1 amide bonds. The zero-order valence-electron chi connectivity index (χ0n) is 15.2. The van der Waals surface area contributed by atoms with Crippen LogP contribution in [0.15, 0.2) is 46.9 Å². The van der Waals surface area contributed by atoms with E-state index < -0.39 is 5.97 Å². The SMILES string of the molecule is CCCCCCC#Cc1cccc(C(=O)Nc2ccc(Br)cc2C(=O)O)c1. The quantitative estimate of drug-likeness (QED) is 0.438. The summed E-state index contributed by atoms with van der Waals surface area (Å²) < 4.78 is 0.633. The van der Waals surface area contributed by atoms with E-state index in [1.165, 1.54) is 25.3 Å². The fraction of sp³-hybridized carbons (Fsp3) is 0.273. The van der Waals surface area contributed by atoms with Crippen molar-refractivity contribution < 1.29 is 14.7 Å². The Bertz CT molecular complexity index is 881. The first kappa shape index (κ1) is 20.7. The molecule has 0 unspecified atom stereocenters. The predicted molar refractivity (Wildman–Crippen MR) is 111 cm³/mol. The monoisotopic (exact) mass is 427 g/mol. The summed E-state index contributed by atoms with van der Waals surface area (Å²) in [5.74, 6) is 4.76. The van der Waals surface area contributed by atoms with Crippen molar-refractivity contribution in [1.82, 2.24) is 0 Å². The lowest BCUT2D eigenvalue weighted by Gasteiger charge is -2.09. The van der Waals surface area contributed by atoms with Gasteiger partial charge >= 0.3 is 5.97 Å². The Morgan fingerprint density at radius 1 is 1.11 bits per heavy atom. The maximum atomic E-state index is 12.5. The van der Waals surface area contributed by atoms with Crippen LogP contribution in [-0.2, 0) is 0 Å². The molecule has 2 aromatic carbocycles. The van der Waals surface area contributed by atoms with Crippen molar-refractivity contribution in [2.75, 3.05) is 5.32 Å². The molecule has 0 aliphatic rings. The average Bonchev–Trinajstić information content (AvgIpc) is 2.66. The number of hydrogen-bond acceptors (Lipinski definition) is 2. The Morgan fingerprint density at radius 2 is 1.93 bits per heavy atom. The highest BCUT2D eigenvalue weighted by molar-refractivity contribution is 9.10. The number of nitrogens with one attached hydrogen (secondary N) is 1. The Hall–Kier alpha value is -2.58. The smallest absolute Gasteiger partial charge is 0.337 e. The maximum absolute atomic E-state index is 12.5. The molecule has 2 aromatic rings. The van der Waals surface area contributed by atoms with Crippen molar-refractivity contribution in [2.45, 2.75) is 39.0 Å². The van der Waals surface area contributed by atoms with E-state index in [0.717, 1.165) is 18.4 Å². The van der Waals surface area contributed by atoms with Gasteiger partial charge in [-0.05, 0) is 42.8 Å². The molecule has 0 spiro atoms. The van der Waals surface area contributed by atoms with Crippen LogP contribution in [0.2, 0.25) is 0 Å². The molecule has 0 aromatic heterocycles. The van der Waals surface area contributed by atoms with Crippen LogP contribution in [0.5, 0.6) is 0 Å². The van der Waals surface area contributed by atoms with Gasteiger partial charge in [-0.15, -0.1) is 0 Å². The third-order valence-corrected chi connectivity index (χ3v) is 4.47. The molecule has 0 heterocycles. The number of amides is 1. The summed E-state index contributed by atoms with van der Waals surface area (Å²) in [6, 6.07) is 11.7. The van der Waals surface area contributed by atoms with Gasteiger partial charge in [0, 0.05) is 22.0 Å². The van der Waals surface area contributed by atoms with E-state index in [1.54, 1.807) is 30.3 Å². The minimum Gasteiger partial charge on any atom is -0.478 e. The molecule has 0 atom stereocenters. The fourth-order valence-electron chi connectivity index (χ4n) is 2.54. The van der Waals surface area contributed by atoms with E-state index in [1.807, 2.05) is 6.07 Å². The first-order chi connectivity index (χ1) is 13.0. The normalized spacial score (nSPS) is 10.0. The lowest BCUT2D eigenvalue weighted by molar-refractivity contribution is 0.0698. The first-order valence-corrected chi connectivity index (χ1v) is 9.73. The third kappa shape index (κ3) is 6.58. The predicted octanol–water partition coefficient (Wildman–Crippen LogP) is 5.72. The summed E-state index contributed by atoms with van der Waals surface area (Å²) in [7, 11) is 0. The molecule has 140 valence electrons. The molecule has 0 radical (unpaired) electrons. The van der Waals surface area contributed by atoms with E-state index in [9.17, 15) is 14.7 Å². The van der Waals surface area contributed by atoms with Gasteiger partial charge in [0.1, 0.15) is 0 Å². The van der Waals surface area contributed by atoms with E-state index in [0.29, 0.717) is 10.0 Å². The summed E-state index contributed by atoms with van der Waals surface area (Å²) >= 11 is 3.24. The molecule has 0 aliphatic heterocycles. The third-order valence-electron chi connectivity index (χ3n) is 3.97. The minimum absolute atomic E-state index is 0.0285. The Balaban J connectivity index is 2.08. The highest BCUT2D eigenvalue weighted by atomic mass is 79.9. The first-order valence-electron chi connectivity index (χ1n) is 8.94. The molecule has 2 N–H and O–H groups in total. The summed E-state index contributed by atoms with van der Waals surface area (Å²) in [4.78, 5) is 23.9. The number of hydrogen-bond donors (Lipinski definition) is 2. The zero-order valence-corrected chi connectivity index (χ0v) is 16.8. The number of carboxylic acid groups (broad SMARTS) is 1. The number of carboxylic acids is 1. The van der Waals surface area contributed by atoms with E-state index in [2.05, 4.69) is 40.0 Å². The van der Waals surface area contributed by atoms with Gasteiger partial charge in [-0.1, -0.05) is 60.0 Å². The topological polar surface area (TPSA) is 66.4 Å². The average molecular weight is 428 g/mol. The molecule has 0 fully saturated rings. The lowest BCUT2D eigenvalue weighted by atomic mass is 10.1. The molecule has 27 heavy (non-hydrogen) atoms. The number of halogens is 1. The molecular formula is C22H22BrNO3. The molecule has 0 saturated heterocycles. The van der Waals surface area contributed by atoms with Gasteiger partial charge in [0.2, 0.25) is 0 Å². The molecule has 4 nitrogen and oxygen atoms in total. The number of carbonyl (C=O) groups excluding carboxylic acids is 1. The van der Waals surface area contributed by atoms with E-state index in [4.69, 9.17) is 0 Å². The minimum atomic E-state index is -1.10. The summed E-state index contributed by atoms with van der Waals surface area (Å²) in [5.41, 5.74) is 1.49. The van der Waals surface area contributed by atoms with Gasteiger partial charge in [0.05, 0.1) is 11.3 Å². The molecular weight excluding hydrogens is 406 g/mol. The van der Waals surface area contributed by atoms with Crippen molar-refractivity contribution in [3.63, 3.8) is 0 Å². The van der Waals surface area contributed by atoms with Gasteiger partial charge < -0.3 is 10.4 Å². The summed E-state index contributed by atoms with van der Waals surface area (Å²) in [6.07, 6.45) is 5.55. The largest absolute Gasteiger partial charge is 0.478 e. The lowest BCUT2D eigenvalue weighted by Crippen LogP contribution is -2.15. The second kappa shape index (κ2) is 10.5. The van der Waals surface area contributed by atoms with E-state index in [-0.39, 0.29) is 17.2 Å². The van der Waals surface area contributed by atoms with Crippen LogP contribution in [0, 0.1) is 11.8 Å². The van der Waals surface area contributed by atoms with Crippen molar-refractivity contribution in [2.24, 2.45) is 0 Å². The van der Waals surface area contributed by atoms with Crippen molar-refractivity contribution in [1.29, 1.82) is 0 Å². The number of rotatable bonds is 7. The van der Waals surface area contributed by atoms with Gasteiger partial charge in [0.15, 0.2) is 0 Å².